The molecule has 2 aromatic rings. The first kappa shape index (κ1) is 8.12. The van der Waals surface area contributed by atoms with Crippen molar-refractivity contribution in [2.45, 2.75) is 6.92 Å². The lowest BCUT2D eigenvalue weighted by atomic mass is 10.3. The van der Waals surface area contributed by atoms with E-state index in [1.54, 1.807) is 12.4 Å². The van der Waals surface area contributed by atoms with E-state index in [0.717, 1.165) is 4.70 Å². The van der Waals surface area contributed by atoms with Crippen molar-refractivity contribution < 1.29 is 9.90 Å². The van der Waals surface area contributed by atoms with Crippen molar-refractivity contribution in [2.24, 2.45) is 0 Å². The second-order valence-corrected chi connectivity index (χ2v) is 3.50. The minimum Gasteiger partial charge on any atom is -0.476 e. The summed E-state index contributed by atoms with van der Waals surface area (Å²) in [5.41, 5.74) is 2.84. The summed E-state index contributed by atoms with van der Waals surface area (Å²) < 4.78 is 0.866. The quantitative estimate of drug-likeness (QED) is 0.750. The zero-order chi connectivity index (χ0) is 9.42. The fraction of sp³-hybridized carbons (Fsp3) is 0.125. The van der Waals surface area contributed by atoms with Gasteiger partial charge in [0.15, 0.2) is 5.69 Å². The number of carboxylic acid groups (broad SMARTS) is 1. The molecule has 66 valence electrons. The van der Waals surface area contributed by atoms with Crippen LogP contribution in [0.2, 0.25) is 0 Å². The van der Waals surface area contributed by atoms with Gasteiger partial charge < -0.3 is 5.11 Å². The summed E-state index contributed by atoms with van der Waals surface area (Å²) >= 11 is 1.42. The molecule has 2 heterocycles. The maximum absolute atomic E-state index is 10.8. The van der Waals surface area contributed by atoms with Gasteiger partial charge in [0.25, 0.3) is 0 Å². The second kappa shape index (κ2) is 2.77. The van der Waals surface area contributed by atoms with Crippen LogP contribution in [0, 0.1) is 6.92 Å². The lowest BCUT2D eigenvalue weighted by molar-refractivity contribution is 0.0692. The predicted octanol–water partition coefficient (Wildman–Crippen LogP) is 1.70. The van der Waals surface area contributed by atoms with Crippen LogP contribution in [0.15, 0.2) is 11.6 Å². The standard InChI is InChI=1S/C8H6N2O2S/c1-4-2-5-6(9-3-13-5)7(10-4)8(11)12/h2-3H,1H3,(H,11,12). The van der Waals surface area contributed by atoms with Crippen LogP contribution < -0.4 is 0 Å². The Balaban J connectivity index is 2.84. The molecule has 0 unspecified atom stereocenters. The first-order chi connectivity index (χ1) is 6.18. The maximum Gasteiger partial charge on any atom is 0.356 e. The van der Waals surface area contributed by atoms with E-state index in [4.69, 9.17) is 5.11 Å². The number of carbonyl (C=O) groups is 1. The highest BCUT2D eigenvalue weighted by molar-refractivity contribution is 7.16. The summed E-state index contributed by atoms with van der Waals surface area (Å²) in [5.74, 6) is -1.03. The van der Waals surface area contributed by atoms with Gasteiger partial charge in [-0.25, -0.2) is 14.8 Å². The van der Waals surface area contributed by atoms with Gasteiger partial charge in [0, 0.05) is 5.69 Å². The molecule has 0 aliphatic heterocycles. The maximum atomic E-state index is 10.8. The average Bonchev–Trinajstić information content (AvgIpc) is 2.49. The van der Waals surface area contributed by atoms with Crippen molar-refractivity contribution in [3.05, 3.63) is 23.0 Å². The van der Waals surface area contributed by atoms with Crippen molar-refractivity contribution in [1.29, 1.82) is 0 Å². The highest BCUT2D eigenvalue weighted by Crippen LogP contribution is 2.20. The molecule has 5 heteroatoms. The van der Waals surface area contributed by atoms with E-state index in [-0.39, 0.29) is 5.69 Å². The summed E-state index contributed by atoms with van der Waals surface area (Å²) in [4.78, 5) is 18.6. The third kappa shape index (κ3) is 1.27. The number of carboxylic acids is 1. The Morgan fingerprint density at radius 3 is 3.08 bits per heavy atom. The second-order valence-electron chi connectivity index (χ2n) is 2.62. The molecule has 0 bridgehead atoms. The van der Waals surface area contributed by atoms with Crippen molar-refractivity contribution in [2.75, 3.05) is 0 Å². The molecule has 2 rings (SSSR count). The molecule has 0 spiro atoms. The predicted molar refractivity (Wildman–Crippen MR) is 49.1 cm³/mol. The normalized spacial score (nSPS) is 10.5. The number of hydrogen-bond acceptors (Lipinski definition) is 4. The molecule has 0 aliphatic carbocycles. The van der Waals surface area contributed by atoms with Crippen molar-refractivity contribution in [1.82, 2.24) is 9.97 Å². The van der Waals surface area contributed by atoms with E-state index >= 15 is 0 Å². The summed E-state index contributed by atoms with van der Waals surface area (Å²) in [6.45, 7) is 1.77. The van der Waals surface area contributed by atoms with Crippen LogP contribution in [0.3, 0.4) is 0 Å². The van der Waals surface area contributed by atoms with E-state index in [9.17, 15) is 4.79 Å². The molecule has 0 saturated carbocycles. The first-order valence-corrected chi connectivity index (χ1v) is 4.50. The zero-order valence-electron chi connectivity index (χ0n) is 6.81. The monoisotopic (exact) mass is 194 g/mol. The van der Waals surface area contributed by atoms with E-state index in [0.29, 0.717) is 11.2 Å². The van der Waals surface area contributed by atoms with E-state index in [1.165, 1.54) is 11.3 Å². The van der Waals surface area contributed by atoms with Gasteiger partial charge in [0.2, 0.25) is 0 Å². The lowest BCUT2D eigenvalue weighted by Crippen LogP contribution is -2.02. The molecular formula is C8H6N2O2S. The molecule has 0 radical (unpaired) electrons. The number of pyridine rings is 1. The summed E-state index contributed by atoms with van der Waals surface area (Å²) in [7, 11) is 0. The number of hydrogen-bond donors (Lipinski definition) is 1. The molecule has 4 nitrogen and oxygen atoms in total. The van der Waals surface area contributed by atoms with Gasteiger partial charge >= 0.3 is 5.97 Å². The van der Waals surface area contributed by atoms with Crippen LogP contribution in [-0.4, -0.2) is 21.0 Å². The Labute approximate surface area is 77.9 Å². The SMILES string of the molecule is Cc1cc2scnc2c(C(=O)O)n1. The number of aryl methyl sites for hydroxylation is 1. The Hall–Kier alpha value is -1.49. The fourth-order valence-electron chi connectivity index (χ4n) is 1.14. The van der Waals surface area contributed by atoms with Crippen LogP contribution in [0.1, 0.15) is 16.2 Å². The Morgan fingerprint density at radius 2 is 2.38 bits per heavy atom. The van der Waals surface area contributed by atoms with Crippen LogP contribution in [0.4, 0.5) is 0 Å². The largest absolute Gasteiger partial charge is 0.476 e. The van der Waals surface area contributed by atoms with Gasteiger partial charge in [-0.05, 0) is 13.0 Å². The molecule has 0 amide bonds. The number of thiazole rings is 1. The molecule has 0 fully saturated rings. The number of aromatic nitrogens is 2. The number of aromatic carboxylic acids is 1. The Morgan fingerprint density at radius 1 is 1.62 bits per heavy atom. The van der Waals surface area contributed by atoms with Crippen LogP contribution in [-0.2, 0) is 0 Å². The molecule has 0 aromatic carbocycles. The van der Waals surface area contributed by atoms with Crippen LogP contribution >= 0.6 is 11.3 Å². The van der Waals surface area contributed by atoms with Crippen molar-refractivity contribution in [3.63, 3.8) is 0 Å². The van der Waals surface area contributed by atoms with E-state index in [1.807, 2.05) is 6.07 Å². The highest BCUT2D eigenvalue weighted by Gasteiger charge is 2.12. The van der Waals surface area contributed by atoms with Gasteiger partial charge in [-0.2, -0.15) is 0 Å². The van der Waals surface area contributed by atoms with E-state index < -0.39 is 5.97 Å². The topological polar surface area (TPSA) is 63.1 Å². The van der Waals surface area contributed by atoms with Gasteiger partial charge in [-0.3, -0.25) is 0 Å². The molecule has 13 heavy (non-hydrogen) atoms. The Bertz CT molecular complexity index is 478. The Kier molecular flexibility index (Phi) is 1.73. The molecule has 0 atom stereocenters. The highest BCUT2D eigenvalue weighted by atomic mass is 32.1. The fourth-order valence-corrected chi connectivity index (χ4v) is 1.91. The third-order valence-electron chi connectivity index (χ3n) is 1.65. The summed E-state index contributed by atoms with van der Waals surface area (Å²) in [6, 6.07) is 1.83. The summed E-state index contributed by atoms with van der Waals surface area (Å²) in [6.07, 6.45) is 0. The van der Waals surface area contributed by atoms with Crippen molar-refractivity contribution >= 4 is 27.5 Å². The molecule has 2 aromatic heterocycles. The smallest absolute Gasteiger partial charge is 0.356 e. The third-order valence-corrected chi connectivity index (χ3v) is 2.43. The van der Waals surface area contributed by atoms with Gasteiger partial charge in [-0.15, -0.1) is 11.3 Å². The summed E-state index contributed by atoms with van der Waals surface area (Å²) in [5, 5.41) is 8.83. The van der Waals surface area contributed by atoms with Crippen molar-refractivity contribution in [3.8, 4) is 0 Å². The van der Waals surface area contributed by atoms with Gasteiger partial charge in [-0.1, -0.05) is 0 Å². The van der Waals surface area contributed by atoms with Crippen LogP contribution in [0.5, 0.6) is 0 Å². The molecule has 0 aliphatic rings. The van der Waals surface area contributed by atoms with Gasteiger partial charge in [0.05, 0.1) is 10.2 Å². The molecule has 1 N–H and O–H groups in total. The molecule has 0 saturated heterocycles. The van der Waals surface area contributed by atoms with E-state index in [2.05, 4.69) is 9.97 Å². The van der Waals surface area contributed by atoms with Gasteiger partial charge in [0.1, 0.15) is 5.52 Å². The molecular weight excluding hydrogens is 188 g/mol. The minimum absolute atomic E-state index is 0.0382. The number of nitrogens with zero attached hydrogens (tertiary/aromatic N) is 2. The lowest BCUT2D eigenvalue weighted by Gasteiger charge is -1.96. The van der Waals surface area contributed by atoms with Crippen LogP contribution in [0.25, 0.3) is 10.2 Å². The average molecular weight is 194 g/mol. The number of fused-ring (bicyclic) bond motifs is 1. The zero-order valence-corrected chi connectivity index (χ0v) is 7.63. The first-order valence-electron chi connectivity index (χ1n) is 3.62. The number of rotatable bonds is 1. The minimum atomic E-state index is -1.03.